The first kappa shape index (κ1) is 20.0. The van der Waals surface area contributed by atoms with E-state index in [0.29, 0.717) is 5.56 Å². The third kappa shape index (κ3) is 5.35. The lowest BCUT2D eigenvalue weighted by molar-refractivity contribution is -0.385. The predicted octanol–water partition coefficient (Wildman–Crippen LogP) is 2.97. The molecule has 0 aliphatic carbocycles. The molecule has 138 valence electrons. The first-order valence-corrected chi connectivity index (χ1v) is 9.77. The summed E-state index contributed by atoms with van der Waals surface area (Å²) in [6.45, 7) is 1.50. The Kier molecular flexibility index (Phi) is 6.46. The van der Waals surface area contributed by atoms with Gasteiger partial charge in [0.05, 0.1) is 9.82 Å². The van der Waals surface area contributed by atoms with E-state index in [-0.39, 0.29) is 29.2 Å². The molecule has 0 radical (unpaired) electrons. The average molecular weight is 442 g/mol. The van der Waals surface area contributed by atoms with Crippen LogP contribution >= 0.6 is 15.9 Å². The van der Waals surface area contributed by atoms with Crippen LogP contribution in [0, 0.1) is 17.0 Å². The molecule has 26 heavy (non-hydrogen) atoms. The van der Waals surface area contributed by atoms with E-state index in [9.17, 15) is 23.3 Å². The molecule has 0 aliphatic heterocycles. The van der Waals surface area contributed by atoms with Crippen LogP contribution in [0.5, 0.6) is 0 Å². The smallest absolute Gasteiger partial charge is 0.274 e. The number of aryl methyl sites for hydroxylation is 1. The van der Waals surface area contributed by atoms with Crippen LogP contribution in [-0.4, -0.2) is 25.8 Å². The highest BCUT2D eigenvalue weighted by atomic mass is 79.9. The summed E-state index contributed by atoms with van der Waals surface area (Å²) in [5.41, 5.74) is 0.664. The highest BCUT2D eigenvalue weighted by Crippen LogP contribution is 2.22. The highest BCUT2D eigenvalue weighted by Gasteiger charge is 2.15. The summed E-state index contributed by atoms with van der Waals surface area (Å²) >= 11 is 3.22. The summed E-state index contributed by atoms with van der Waals surface area (Å²) in [6.07, 6.45) is -0.114. The number of anilines is 1. The number of sulfonamides is 1. The summed E-state index contributed by atoms with van der Waals surface area (Å²) in [5, 5.41) is 13.4. The molecule has 2 rings (SSSR count). The van der Waals surface area contributed by atoms with Crippen LogP contribution in [0.2, 0.25) is 0 Å². The Balaban J connectivity index is 1.92. The molecule has 1 amide bonds. The summed E-state index contributed by atoms with van der Waals surface area (Å²) < 4.78 is 27.3. The SMILES string of the molecule is Cc1ccc(NC(=O)CCNS(=O)(=O)c2ccc(Br)cc2)cc1[N+](=O)[O-]. The molecule has 2 N–H and O–H groups in total. The van der Waals surface area contributed by atoms with Crippen molar-refractivity contribution in [1.29, 1.82) is 0 Å². The van der Waals surface area contributed by atoms with Crippen molar-refractivity contribution < 1.29 is 18.1 Å². The number of carbonyl (C=O) groups excluding carboxylic acids is 1. The number of hydrogen-bond donors (Lipinski definition) is 2. The van der Waals surface area contributed by atoms with Gasteiger partial charge in [-0.15, -0.1) is 0 Å². The van der Waals surface area contributed by atoms with Crippen LogP contribution in [0.1, 0.15) is 12.0 Å². The standard InChI is InChI=1S/C16H16BrN3O5S/c1-11-2-5-13(10-15(11)20(22)23)19-16(21)8-9-18-26(24,25)14-6-3-12(17)4-7-14/h2-7,10,18H,8-9H2,1H3,(H,19,21). The number of amides is 1. The summed E-state index contributed by atoms with van der Waals surface area (Å²) in [6, 6.07) is 10.4. The van der Waals surface area contributed by atoms with Crippen LogP contribution < -0.4 is 10.0 Å². The minimum atomic E-state index is -3.71. The fourth-order valence-electron chi connectivity index (χ4n) is 2.10. The Labute approximate surface area is 158 Å². The lowest BCUT2D eigenvalue weighted by atomic mass is 10.2. The maximum atomic E-state index is 12.1. The molecule has 8 nitrogen and oxygen atoms in total. The second-order valence-corrected chi connectivity index (χ2v) is 8.09. The molecular formula is C16H16BrN3O5S. The maximum Gasteiger partial charge on any atom is 0.274 e. The molecule has 0 fully saturated rings. The van der Waals surface area contributed by atoms with Crippen molar-refractivity contribution >= 4 is 43.2 Å². The fraction of sp³-hybridized carbons (Fsp3) is 0.188. The second kappa shape index (κ2) is 8.39. The number of nitro groups is 1. The molecule has 0 saturated carbocycles. The van der Waals surface area contributed by atoms with Crippen molar-refractivity contribution in [2.24, 2.45) is 0 Å². The first-order chi connectivity index (χ1) is 12.2. The van der Waals surface area contributed by atoms with E-state index < -0.39 is 20.9 Å². The molecule has 0 atom stereocenters. The number of nitrogens with zero attached hydrogens (tertiary/aromatic N) is 1. The van der Waals surface area contributed by atoms with Crippen LogP contribution in [0.4, 0.5) is 11.4 Å². The van der Waals surface area contributed by atoms with E-state index in [1.165, 1.54) is 24.3 Å². The van der Waals surface area contributed by atoms with Gasteiger partial charge in [-0.25, -0.2) is 13.1 Å². The first-order valence-electron chi connectivity index (χ1n) is 7.49. The van der Waals surface area contributed by atoms with Crippen LogP contribution in [0.25, 0.3) is 0 Å². The van der Waals surface area contributed by atoms with Crippen molar-refractivity contribution in [3.63, 3.8) is 0 Å². The van der Waals surface area contributed by atoms with Gasteiger partial charge in [-0.05, 0) is 37.3 Å². The van der Waals surface area contributed by atoms with Crippen LogP contribution in [0.3, 0.4) is 0 Å². The number of benzene rings is 2. The number of rotatable bonds is 7. The Morgan fingerprint density at radius 2 is 1.85 bits per heavy atom. The van der Waals surface area contributed by atoms with Gasteiger partial charge in [0.25, 0.3) is 5.69 Å². The third-order valence-corrected chi connectivity index (χ3v) is 5.46. The number of nitro benzene ring substituents is 1. The normalized spacial score (nSPS) is 11.2. The van der Waals surface area contributed by atoms with Gasteiger partial charge >= 0.3 is 0 Å². The van der Waals surface area contributed by atoms with Crippen molar-refractivity contribution in [3.8, 4) is 0 Å². The monoisotopic (exact) mass is 441 g/mol. The molecule has 0 aliphatic rings. The minimum absolute atomic E-state index is 0.0928. The van der Waals surface area contributed by atoms with Crippen molar-refractivity contribution in [2.45, 2.75) is 18.2 Å². The van der Waals surface area contributed by atoms with Gasteiger partial charge in [-0.3, -0.25) is 14.9 Å². The highest BCUT2D eigenvalue weighted by molar-refractivity contribution is 9.10. The maximum absolute atomic E-state index is 12.1. The zero-order valence-electron chi connectivity index (χ0n) is 13.7. The molecular weight excluding hydrogens is 426 g/mol. The van der Waals surface area contributed by atoms with Crippen molar-refractivity contribution in [1.82, 2.24) is 4.72 Å². The van der Waals surface area contributed by atoms with Crippen molar-refractivity contribution in [2.75, 3.05) is 11.9 Å². The Hall–Kier alpha value is -2.30. The molecule has 2 aromatic carbocycles. The molecule has 0 aromatic heterocycles. The van der Waals surface area contributed by atoms with Gasteiger partial charge in [0.2, 0.25) is 15.9 Å². The van der Waals surface area contributed by atoms with Gasteiger partial charge in [0.15, 0.2) is 0 Å². The second-order valence-electron chi connectivity index (χ2n) is 5.41. The Morgan fingerprint density at radius 1 is 1.19 bits per heavy atom. The summed E-state index contributed by atoms with van der Waals surface area (Å²) in [5.74, 6) is -0.457. The zero-order chi connectivity index (χ0) is 19.3. The molecule has 10 heteroatoms. The fourth-order valence-corrected chi connectivity index (χ4v) is 3.40. The summed E-state index contributed by atoms with van der Waals surface area (Å²) in [7, 11) is -3.71. The molecule has 0 unspecified atom stereocenters. The predicted molar refractivity (Wildman–Crippen MR) is 100 cm³/mol. The number of carbonyl (C=O) groups is 1. The lowest BCUT2D eigenvalue weighted by Crippen LogP contribution is -2.27. The zero-order valence-corrected chi connectivity index (χ0v) is 16.1. The van der Waals surface area contributed by atoms with Gasteiger partial charge in [0.1, 0.15) is 0 Å². The van der Waals surface area contributed by atoms with Gasteiger partial charge in [-0.2, -0.15) is 0 Å². The van der Waals surface area contributed by atoms with Crippen LogP contribution in [0.15, 0.2) is 51.8 Å². The number of halogens is 1. The van der Waals surface area contributed by atoms with E-state index in [1.54, 1.807) is 25.1 Å². The molecule has 2 aromatic rings. The summed E-state index contributed by atoms with van der Waals surface area (Å²) in [4.78, 5) is 22.4. The minimum Gasteiger partial charge on any atom is -0.326 e. The van der Waals surface area contributed by atoms with E-state index >= 15 is 0 Å². The van der Waals surface area contributed by atoms with Gasteiger partial charge < -0.3 is 5.32 Å². The van der Waals surface area contributed by atoms with Gasteiger partial charge in [-0.1, -0.05) is 22.0 Å². The van der Waals surface area contributed by atoms with E-state index in [2.05, 4.69) is 26.0 Å². The largest absolute Gasteiger partial charge is 0.326 e. The lowest BCUT2D eigenvalue weighted by Gasteiger charge is -2.08. The van der Waals surface area contributed by atoms with E-state index in [4.69, 9.17) is 0 Å². The van der Waals surface area contributed by atoms with E-state index in [0.717, 1.165) is 4.47 Å². The number of hydrogen-bond acceptors (Lipinski definition) is 5. The van der Waals surface area contributed by atoms with Crippen molar-refractivity contribution in [3.05, 3.63) is 62.6 Å². The molecule has 0 saturated heterocycles. The van der Waals surface area contributed by atoms with E-state index in [1.807, 2.05) is 0 Å². The average Bonchev–Trinajstić information content (AvgIpc) is 2.56. The molecule has 0 heterocycles. The quantitative estimate of drug-likeness (QED) is 0.505. The van der Waals surface area contributed by atoms with Gasteiger partial charge in [0, 0.05) is 34.8 Å². The topological polar surface area (TPSA) is 118 Å². The third-order valence-electron chi connectivity index (χ3n) is 3.46. The number of nitrogens with one attached hydrogen (secondary N) is 2. The Bertz CT molecular complexity index is 929. The molecule has 0 spiro atoms. The Morgan fingerprint density at radius 3 is 2.46 bits per heavy atom. The van der Waals surface area contributed by atoms with Crippen LogP contribution in [-0.2, 0) is 14.8 Å². The molecule has 0 bridgehead atoms.